The van der Waals surface area contributed by atoms with Crippen LogP contribution in [0.3, 0.4) is 0 Å². The number of hydrogen-bond donors (Lipinski definition) is 3. The van der Waals surface area contributed by atoms with Crippen LogP contribution < -0.4 is 19.5 Å². The smallest absolute Gasteiger partial charge is 0.395 e. The second kappa shape index (κ2) is 9.40. The molecule has 2 fully saturated rings. The molecule has 0 bridgehead atoms. The van der Waals surface area contributed by atoms with Gasteiger partial charge in [-0.05, 0) is 67.6 Å². The minimum Gasteiger partial charge on any atom is -0.395 e. The normalized spacial score (nSPS) is 19.8. The maximum Gasteiger partial charge on any atom is 0.586 e. The van der Waals surface area contributed by atoms with E-state index in [1.54, 1.807) is 12.1 Å². The third-order valence-electron chi connectivity index (χ3n) is 7.94. The lowest BCUT2D eigenvalue weighted by Crippen LogP contribution is -2.36. The first-order valence-corrected chi connectivity index (χ1v) is 15.2. The van der Waals surface area contributed by atoms with Gasteiger partial charge in [0.25, 0.3) is 0 Å². The maximum atomic E-state index is 13.5. The average Bonchev–Trinajstić information content (AvgIpc) is 3.80. The standard InChI is InChI=1S/C29H33F2N3O6S/c1-27(2,3)25-13-17-12-19(5-8-22(17)34(25)16-20(35)15-32-41(37,38)21-6-7-21)33-26(36)28(10-11-28)18-4-9-23-24(14-18)40-29(30,31)39-23/h4-5,8-9,12-14,20-21,32,35H,6-7,10-11,15-16H2,1-3H3,(H,33,36)/t20-/m0/s1. The van der Waals surface area contributed by atoms with Crippen LogP contribution in [0.2, 0.25) is 0 Å². The lowest BCUT2D eigenvalue weighted by atomic mass is 9.92. The van der Waals surface area contributed by atoms with E-state index in [1.165, 1.54) is 12.1 Å². The van der Waals surface area contributed by atoms with E-state index in [9.17, 15) is 27.1 Å². The molecule has 6 rings (SSSR count). The number of hydrogen-bond acceptors (Lipinski definition) is 6. The van der Waals surface area contributed by atoms with E-state index in [0.717, 1.165) is 16.6 Å². The average molecular weight is 590 g/mol. The van der Waals surface area contributed by atoms with Crippen molar-refractivity contribution in [1.29, 1.82) is 0 Å². The van der Waals surface area contributed by atoms with Gasteiger partial charge in [-0.3, -0.25) is 4.79 Å². The van der Waals surface area contributed by atoms with Gasteiger partial charge in [-0.25, -0.2) is 13.1 Å². The highest BCUT2D eigenvalue weighted by molar-refractivity contribution is 7.90. The van der Waals surface area contributed by atoms with Crippen molar-refractivity contribution in [1.82, 2.24) is 9.29 Å². The zero-order chi connectivity index (χ0) is 29.4. The zero-order valence-corrected chi connectivity index (χ0v) is 23.9. The molecule has 12 heteroatoms. The Kier molecular flexibility index (Phi) is 6.40. The number of aromatic nitrogens is 1. The summed E-state index contributed by atoms with van der Waals surface area (Å²) in [7, 11) is -3.40. The number of halogens is 2. The lowest BCUT2D eigenvalue weighted by molar-refractivity contribution is -0.286. The Morgan fingerprint density at radius 3 is 2.46 bits per heavy atom. The Morgan fingerprint density at radius 2 is 1.80 bits per heavy atom. The molecule has 2 aromatic carbocycles. The predicted molar refractivity (Wildman–Crippen MR) is 149 cm³/mol. The first-order chi connectivity index (χ1) is 19.2. The number of fused-ring (bicyclic) bond motifs is 2. The quantitative estimate of drug-likeness (QED) is 0.341. The molecule has 2 heterocycles. The minimum atomic E-state index is -3.72. The van der Waals surface area contributed by atoms with Crippen LogP contribution in [0, 0.1) is 0 Å². The number of aliphatic hydroxyl groups is 1. The number of aliphatic hydroxyl groups excluding tert-OH is 1. The van der Waals surface area contributed by atoms with Crippen LogP contribution in [0.25, 0.3) is 10.9 Å². The number of nitrogens with zero attached hydrogens (tertiary/aromatic N) is 1. The topological polar surface area (TPSA) is 119 Å². The molecule has 0 unspecified atom stereocenters. The summed E-state index contributed by atoms with van der Waals surface area (Å²) in [5, 5.41) is 14.2. The molecule has 2 aliphatic carbocycles. The maximum absolute atomic E-state index is 13.5. The Labute approximate surface area is 236 Å². The van der Waals surface area contributed by atoms with Crippen LogP contribution in [-0.2, 0) is 32.2 Å². The molecule has 3 aromatic rings. The summed E-state index contributed by atoms with van der Waals surface area (Å²) >= 11 is 0. The van der Waals surface area contributed by atoms with Crippen LogP contribution in [-0.4, -0.2) is 48.2 Å². The second-order valence-corrected chi connectivity index (χ2v) is 14.3. The second-order valence-electron chi connectivity index (χ2n) is 12.3. The number of ether oxygens (including phenoxy) is 2. The molecule has 3 N–H and O–H groups in total. The number of carbonyl (C=O) groups is 1. The van der Waals surface area contributed by atoms with E-state index >= 15 is 0 Å². The fraction of sp³-hybridized carbons (Fsp3) is 0.483. The molecule has 41 heavy (non-hydrogen) atoms. The van der Waals surface area contributed by atoms with Gasteiger partial charge in [0.15, 0.2) is 11.5 Å². The van der Waals surface area contributed by atoms with E-state index in [1.807, 2.05) is 22.8 Å². The minimum absolute atomic E-state index is 0.0648. The Bertz CT molecular complexity index is 1640. The molecule has 9 nitrogen and oxygen atoms in total. The molecule has 0 spiro atoms. The highest BCUT2D eigenvalue weighted by Gasteiger charge is 2.53. The molecule has 1 amide bonds. The summed E-state index contributed by atoms with van der Waals surface area (Å²) in [6, 6.07) is 12.0. The Morgan fingerprint density at radius 1 is 1.10 bits per heavy atom. The number of nitrogens with one attached hydrogen (secondary N) is 2. The highest BCUT2D eigenvalue weighted by atomic mass is 32.2. The summed E-state index contributed by atoms with van der Waals surface area (Å²) in [5.41, 5.74) is 1.85. The first kappa shape index (κ1) is 27.9. The van der Waals surface area contributed by atoms with Gasteiger partial charge in [0, 0.05) is 34.2 Å². The van der Waals surface area contributed by atoms with Crippen molar-refractivity contribution in [3.63, 3.8) is 0 Å². The van der Waals surface area contributed by atoms with Crippen molar-refractivity contribution >= 4 is 32.5 Å². The summed E-state index contributed by atoms with van der Waals surface area (Å²) in [6.07, 6.45) is -2.21. The molecule has 1 aliphatic heterocycles. The van der Waals surface area contributed by atoms with Gasteiger partial charge < -0.3 is 24.5 Å². The monoisotopic (exact) mass is 589 g/mol. The van der Waals surface area contributed by atoms with Gasteiger partial charge in [0.05, 0.1) is 23.3 Å². The number of amides is 1. The summed E-state index contributed by atoms with van der Waals surface area (Å²) < 4.78 is 64.9. The first-order valence-electron chi connectivity index (χ1n) is 13.7. The molecular formula is C29H33F2N3O6S. The van der Waals surface area contributed by atoms with Crippen molar-refractivity contribution in [3.8, 4) is 11.5 Å². The molecule has 0 saturated heterocycles. The van der Waals surface area contributed by atoms with Crippen molar-refractivity contribution in [2.75, 3.05) is 11.9 Å². The third-order valence-corrected chi connectivity index (χ3v) is 9.86. The summed E-state index contributed by atoms with van der Waals surface area (Å²) in [5.74, 6) is -0.395. The van der Waals surface area contributed by atoms with Crippen LogP contribution in [0.4, 0.5) is 14.5 Å². The molecule has 2 saturated carbocycles. The largest absolute Gasteiger partial charge is 0.586 e. The SMILES string of the molecule is CC(C)(C)c1cc2cc(NC(=O)C3(c4ccc5c(c4)OC(F)(F)O5)CC3)ccc2n1C[C@@H](O)CNS(=O)(=O)C1CC1. The van der Waals surface area contributed by atoms with Crippen molar-refractivity contribution in [2.45, 2.75) is 81.5 Å². The molecular weight excluding hydrogens is 556 g/mol. The van der Waals surface area contributed by atoms with Gasteiger partial charge in [-0.2, -0.15) is 0 Å². The fourth-order valence-electron chi connectivity index (χ4n) is 5.42. The van der Waals surface area contributed by atoms with Gasteiger partial charge in [-0.1, -0.05) is 26.8 Å². The van der Waals surface area contributed by atoms with Crippen molar-refractivity contribution in [2.24, 2.45) is 0 Å². The van der Waals surface area contributed by atoms with Gasteiger partial charge in [0.2, 0.25) is 15.9 Å². The number of anilines is 1. The number of alkyl halides is 2. The fourth-order valence-corrected chi connectivity index (χ4v) is 6.84. The molecule has 3 aliphatic rings. The number of carbonyl (C=O) groups excluding carboxylic acids is 1. The lowest BCUT2D eigenvalue weighted by Gasteiger charge is -2.24. The van der Waals surface area contributed by atoms with Crippen LogP contribution in [0.5, 0.6) is 11.5 Å². The van der Waals surface area contributed by atoms with E-state index in [4.69, 9.17) is 0 Å². The zero-order valence-electron chi connectivity index (χ0n) is 23.0. The third kappa shape index (κ3) is 5.40. The highest BCUT2D eigenvalue weighted by Crippen LogP contribution is 2.52. The number of rotatable bonds is 9. The summed E-state index contributed by atoms with van der Waals surface area (Å²) in [6.45, 7) is 6.29. The molecule has 220 valence electrons. The number of sulfonamides is 1. The number of benzene rings is 2. The van der Waals surface area contributed by atoms with E-state index in [-0.39, 0.29) is 41.2 Å². The van der Waals surface area contributed by atoms with Gasteiger partial charge in [-0.15, -0.1) is 8.78 Å². The van der Waals surface area contributed by atoms with Crippen LogP contribution >= 0.6 is 0 Å². The molecule has 1 atom stereocenters. The van der Waals surface area contributed by atoms with Crippen LogP contribution in [0.1, 0.15) is 57.7 Å². The van der Waals surface area contributed by atoms with E-state index < -0.39 is 27.8 Å². The molecule has 0 radical (unpaired) electrons. The van der Waals surface area contributed by atoms with Gasteiger partial charge in [0.1, 0.15) is 0 Å². The van der Waals surface area contributed by atoms with Crippen molar-refractivity contribution < 1.29 is 36.6 Å². The van der Waals surface area contributed by atoms with E-state index in [2.05, 4.69) is 40.3 Å². The molecule has 1 aromatic heterocycles. The Hall–Kier alpha value is -3.22. The van der Waals surface area contributed by atoms with Crippen LogP contribution in [0.15, 0.2) is 42.5 Å². The van der Waals surface area contributed by atoms with Crippen molar-refractivity contribution in [3.05, 3.63) is 53.7 Å². The van der Waals surface area contributed by atoms with E-state index in [0.29, 0.717) is 36.9 Å². The summed E-state index contributed by atoms with van der Waals surface area (Å²) in [4.78, 5) is 13.4. The van der Waals surface area contributed by atoms with Gasteiger partial charge >= 0.3 is 6.29 Å². The predicted octanol–water partition coefficient (Wildman–Crippen LogP) is 4.37. The Balaban J connectivity index is 1.21.